The quantitative estimate of drug-likeness (QED) is 0.931. The van der Waals surface area contributed by atoms with Crippen LogP contribution in [0.3, 0.4) is 0 Å². The third-order valence-electron chi connectivity index (χ3n) is 3.33. The zero-order valence-electron chi connectivity index (χ0n) is 13.1. The molecule has 1 aliphatic heterocycles. The Morgan fingerprint density at radius 3 is 2.65 bits per heavy atom. The van der Waals surface area contributed by atoms with E-state index in [1.807, 2.05) is 13.8 Å². The van der Waals surface area contributed by atoms with Crippen molar-refractivity contribution in [1.29, 1.82) is 0 Å². The summed E-state index contributed by atoms with van der Waals surface area (Å²) in [5, 5.41) is 13.1. The van der Waals surface area contributed by atoms with Crippen molar-refractivity contribution < 1.29 is 9.84 Å². The smallest absolute Gasteiger partial charge is 0.123 e. The minimum Gasteiger partial charge on any atom is -0.389 e. The molecule has 0 spiro atoms. The second-order valence-electron chi connectivity index (χ2n) is 7.23. The van der Waals surface area contributed by atoms with Crippen molar-refractivity contribution in [3.63, 3.8) is 0 Å². The van der Waals surface area contributed by atoms with Crippen LogP contribution in [0, 0.1) is 0 Å². The van der Waals surface area contributed by atoms with E-state index >= 15 is 0 Å². The van der Waals surface area contributed by atoms with Gasteiger partial charge >= 0.3 is 0 Å². The number of thiazole rings is 1. The van der Waals surface area contributed by atoms with E-state index in [0.717, 1.165) is 23.8 Å². The van der Waals surface area contributed by atoms with Crippen molar-refractivity contribution >= 4 is 11.3 Å². The predicted molar refractivity (Wildman–Crippen MR) is 82.2 cm³/mol. The SMILES string of the molecule is CC(C)(O)CN1CCOC(c2nc(C(C)(C)C)cs2)C1. The molecule has 1 N–H and O–H groups in total. The first-order chi connectivity index (χ1) is 9.15. The highest BCUT2D eigenvalue weighted by Crippen LogP contribution is 2.30. The summed E-state index contributed by atoms with van der Waals surface area (Å²) in [5.74, 6) is 0. The maximum absolute atomic E-state index is 9.94. The van der Waals surface area contributed by atoms with Gasteiger partial charge in [0, 0.05) is 30.4 Å². The average Bonchev–Trinajstić information content (AvgIpc) is 2.75. The molecule has 2 heterocycles. The molecule has 1 aliphatic rings. The summed E-state index contributed by atoms with van der Waals surface area (Å²) in [6.45, 7) is 13.3. The lowest BCUT2D eigenvalue weighted by Gasteiger charge is -2.35. The summed E-state index contributed by atoms with van der Waals surface area (Å²) < 4.78 is 5.86. The Labute approximate surface area is 125 Å². The molecule has 0 amide bonds. The van der Waals surface area contributed by atoms with Crippen molar-refractivity contribution in [3.05, 3.63) is 16.1 Å². The molecule has 0 radical (unpaired) electrons. The van der Waals surface area contributed by atoms with Crippen LogP contribution in [0.1, 0.15) is 51.4 Å². The average molecular weight is 298 g/mol. The number of hydrogen-bond acceptors (Lipinski definition) is 5. The summed E-state index contributed by atoms with van der Waals surface area (Å²) in [7, 11) is 0. The normalized spacial score (nSPS) is 22.2. The van der Waals surface area contributed by atoms with Gasteiger partial charge in [0.2, 0.25) is 0 Å². The second kappa shape index (κ2) is 5.72. The Morgan fingerprint density at radius 1 is 1.40 bits per heavy atom. The Balaban J connectivity index is 2.04. The number of aromatic nitrogens is 1. The van der Waals surface area contributed by atoms with E-state index in [2.05, 4.69) is 31.1 Å². The molecule has 0 saturated carbocycles. The lowest BCUT2D eigenvalue weighted by molar-refractivity contribution is -0.0564. The molecular formula is C15H26N2O2S. The van der Waals surface area contributed by atoms with Gasteiger partial charge in [0.15, 0.2) is 0 Å². The number of aliphatic hydroxyl groups is 1. The molecule has 5 heteroatoms. The highest BCUT2D eigenvalue weighted by molar-refractivity contribution is 7.09. The Bertz CT molecular complexity index is 445. The van der Waals surface area contributed by atoms with Crippen molar-refractivity contribution in [3.8, 4) is 0 Å². The topological polar surface area (TPSA) is 45.6 Å². The van der Waals surface area contributed by atoms with Crippen LogP contribution in [0.2, 0.25) is 0 Å². The van der Waals surface area contributed by atoms with Gasteiger partial charge < -0.3 is 9.84 Å². The molecule has 2 rings (SSSR count). The molecule has 20 heavy (non-hydrogen) atoms. The number of β-amino-alcohol motifs (C(OH)–C–C–N with tert-alkyl or cyclic N) is 1. The number of hydrogen-bond donors (Lipinski definition) is 1. The standard InChI is InChI=1S/C15H26N2O2S/c1-14(2,3)12-9-20-13(16-12)11-8-17(6-7-19-11)10-15(4,5)18/h9,11,18H,6-8,10H2,1-5H3. The molecule has 0 aliphatic carbocycles. The van der Waals surface area contributed by atoms with Crippen LogP contribution in [0.15, 0.2) is 5.38 Å². The Kier molecular flexibility index (Phi) is 4.54. The van der Waals surface area contributed by atoms with Gasteiger partial charge in [-0.2, -0.15) is 0 Å². The third kappa shape index (κ3) is 4.25. The second-order valence-corrected chi connectivity index (χ2v) is 8.12. The van der Waals surface area contributed by atoms with Crippen LogP contribution < -0.4 is 0 Å². The minimum absolute atomic E-state index is 0.0344. The largest absolute Gasteiger partial charge is 0.389 e. The molecule has 4 nitrogen and oxygen atoms in total. The first kappa shape index (κ1) is 15.9. The predicted octanol–water partition coefficient (Wildman–Crippen LogP) is 2.58. The lowest BCUT2D eigenvalue weighted by atomic mass is 9.93. The molecule has 1 saturated heterocycles. The van der Waals surface area contributed by atoms with Gasteiger partial charge in [-0.15, -0.1) is 11.3 Å². The van der Waals surface area contributed by atoms with Crippen LogP contribution >= 0.6 is 11.3 Å². The number of nitrogens with zero attached hydrogens (tertiary/aromatic N) is 2. The fourth-order valence-corrected chi connectivity index (χ4v) is 3.41. The van der Waals surface area contributed by atoms with Gasteiger partial charge in [0.25, 0.3) is 0 Å². The molecule has 1 fully saturated rings. The zero-order chi connectivity index (χ0) is 15.0. The summed E-state index contributed by atoms with van der Waals surface area (Å²) >= 11 is 1.68. The van der Waals surface area contributed by atoms with Gasteiger partial charge in [-0.25, -0.2) is 4.98 Å². The monoisotopic (exact) mass is 298 g/mol. The van der Waals surface area contributed by atoms with Gasteiger partial charge in [0.1, 0.15) is 11.1 Å². The van der Waals surface area contributed by atoms with Gasteiger partial charge in [-0.3, -0.25) is 4.90 Å². The molecule has 1 atom stereocenters. The highest BCUT2D eigenvalue weighted by atomic mass is 32.1. The van der Waals surface area contributed by atoms with Crippen molar-refractivity contribution in [2.45, 2.75) is 51.7 Å². The summed E-state index contributed by atoms with van der Waals surface area (Å²) in [6, 6.07) is 0. The van der Waals surface area contributed by atoms with Crippen LogP contribution in [0.25, 0.3) is 0 Å². The van der Waals surface area contributed by atoms with Crippen LogP contribution in [0.4, 0.5) is 0 Å². The van der Waals surface area contributed by atoms with Gasteiger partial charge in [-0.05, 0) is 13.8 Å². The first-order valence-corrected chi connectivity index (χ1v) is 8.05. The number of ether oxygens (including phenoxy) is 1. The first-order valence-electron chi connectivity index (χ1n) is 7.17. The van der Waals surface area contributed by atoms with Crippen molar-refractivity contribution in [2.75, 3.05) is 26.2 Å². The highest BCUT2D eigenvalue weighted by Gasteiger charge is 2.28. The molecule has 0 bridgehead atoms. The fraction of sp³-hybridized carbons (Fsp3) is 0.800. The summed E-state index contributed by atoms with van der Waals surface area (Å²) in [4.78, 5) is 7.00. The van der Waals surface area contributed by atoms with Crippen LogP contribution in [-0.4, -0.2) is 46.8 Å². The van der Waals surface area contributed by atoms with E-state index in [0.29, 0.717) is 13.2 Å². The Hall–Kier alpha value is -0.490. The van der Waals surface area contributed by atoms with E-state index in [9.17, 15) is 5.11 Å². The third-order valence-corrected chi connectivity index (χ3v) is 4.26. The van der Waals surface area contributed by atoms with Crippen LogP contribution in [-0.2, 0) is 10.2 Å². The van der Waals surface area contributed by atoms with Crippen LogP contribution in [0.5, 0.6) is 0 Å². The van der Waals surface area contributed by atoms with E-state index in [4.69, 9.17) is 9.72 Å². The maximum Gasteiger partial charge on any atom is 0.123 e. The van der Waals surface area contributed by atoms with E-state index in [-0.39, 0.29) is 11.5 Å². The van der Waals surface area contributed by atoms with E-state index in [1.54, 1.807) is 11.3 Å². The summed E-state index contributed by atoms with van der Waals surface area (Å²) in [5.41, 5.74) is 0.540. The molecular weight excluding hydrogens is 272 g/mol. The van der Waals surface area contributed by atoms with E-state index < -0.39 is 5.60 Å². The summed E-state index contributed by atoms with van der Waals surface area (Å²) in [6.07, 6.45) is 0.0344. The molecule has 1 unspecified atom stereocenters. The molecule has 114 valence electrons. The molecule has 1 aromatic heterocycles. The Morgan fingerprint density at radius 2 is 2.10 bits per heavy atom. The zero-order valence-corrected chi connectivity index (χ0v) is 14.0. The number of rotatable bonds is 3. The molecule has 1 aromatic rings. The fourth-order valence-electron chi connectivity index (χ4n) is 2.32. The van der Waals surface area contributed by atoms with Crippen molar-refractivity contribution in [2.24, 2.45) is 0 Å². The van der Waals surface area contributed by atoms with E-state index in [1.165, 1.54) is 0 Å². The number of morpholine rings is 1. The maximum atomic E-state index is 9.94. The lowest BCUT2D eigenvalue weighted by Crippen LogP contribution is -2.45. The van der Waals surface area contributed by atoms with Gasteiger partial charge in [0.05, 0.1) is 17.9 Å². The van der Waals surface area contributed by atoms with Gasteiger partial charge in [-0.1, -0.05) is 20.8 Å². The minimum atomic E-state index is -0.665. The molecule has 0 aromatic carbocycles. The van der Waals surface area contributed by atoms with Crippen molar-refractivity contribution in [1.82, 2.24) is 9.88 Å².